The van der Waals surface area contributed by atoms with Crippen molar-refractivity contribution >= 4 is 0 Å². The molecule has 0 bridgehead atoms. The van der Waals surface area contributed by atoms with Crippen LogP contribution in [0.1, 0.15) is 20.3 Å². The van der Waals surface area contributed by atoms with Gasteiger partial charge in [0.25, 0.3) is 0 Å². The Hall–Kier alpha value is -0.480. The maximum atomic E-state index is 8.83. The van der Waals surface area contributed by atoms with Gasteiger partial charge in [0.2, 0.25) is 0 Å². The van der Waals surface area contributed by atoms with Crippen LogP contribution in [0.3, 0.4) is 0 Å². The summed E-state index contributed by atoms with van der Waals surface area (Å²) in [5.41, 5.74) is 0. The molecular weight excluding hydrogens is 100 g/mol. The summed E-state index contributed by atoms with van der Waals surface area (Å²) in [5.74, 6) is 2.18. The Bertz CT molecular complexity index is 89.1. The van der Waals surface area contributed by atoms with Crippen LogP contribution in [0, 0.1) is 18.3 Å². The van der Waals surface area contributed by atoms with E-state index in [2.05, 4.69) is 5.92 Å². The number of rotatable bonds is 2. The highest BCUT2D eigenvalue weighted by molar-refractivity contribution is 4.88. The Morgan fingerprint density at radius 2 is 2.25 bits per heavy atom. The van der Waals surface area contributed by atoms with Gasteiger partial charge in [-0.05, 0) is 19.8 Å². The zero-order valence-corrected chi connectivity index (χ0v) is 5.31. The van der Waals surface area contributed by atoms with Crippen LogP contribution >= 0.6 is 0 Å². The van der Waals surface area contributed by atoms with Gasteiger partial charge in [-0.25, -0.2) is 0 Å². The fraction of sp³-hybridized carbons (Fsp3) is 0.714. The molecule has 0 rings (SSSR count). The van der Waals surface area contributed by atoms with Gasteiger partial charge in [-0.15, -0.1) is 0 Å². The molecule has 1 heteroatoms. The highest BCUT2D eigenvalue weighted by Crippen LogP contribution is 2.04. The molecule has 0 fully saturated rings. The molecule has 0 aromatic heterocycles. The molecule has 0 spiro atoms. The maximum Gasteiger partial charge on any atom is 0.0649 e. The van der Waals surface area contributed by atoms with Crippen molar-refractivity contribution in [3.05, 3.63) is 6.42 Å². The minimum atomic E-state index is -0.419. The smallest absolute Gasteiger partial charge is 0.0649 e. The number of aliphatic hydroxyl groups is 1. The number of hydrogen-bond acceptors (Lipinski definition) is 1. The van der Waals surface area contributed by atoms with Crippen molar-refractivity contribution in [3.8, 4) is 5.92 Å². The first kappa shape index (κ1) is 7.52. The van der Waals surface area contributed by atoms with Crippen molar-refractivity contribution < 1.29 is 5.11 Å². The normalized spacial score (nSPS) is 16.8. The molecule has 0 saturated heterocycles. The first-order valence-corrected chi connectivity index (χ1v) is 2.82. The Morgan fingerprint density at radius 1 is 1.75 bits per heavy atom. The summed E-state index contributed by atoms with van der Waals surface area (Å²) in [6.07, 6.45) is 7.05. The monoisotopic (exact) mass is 111 g/mol. The number of aliphatic hydroxyl groups excluding tert-OH is 1. The summed E-state index contributed by atoms with van der Waals surface area (Å²) in [6, 6.07) is 0. The van der Waals surface area contributed by atoms with Gasteiger partial charge in [0.15, 0.2) is 0 Å². The number of hydrogen-bond donors (Lipinski definition) is 1. The summed E-state index contributed by atoms with van der Waals surface area (Å²) in [5, 5.41) is 8.83. The van der Waals surface area contributed by atoms with E-state index in [1.54, 1.807) is 6.92 Å². The van der Waals surface area contributed by atoms with Crippen LogP contribution in [0.15, 0.2) is 0 Å². The van der Waals surface area contributed by atoms with E-state index in [1.807, 2.05) is 6.92 Å². The molecule has 1 N–H and O–H groups in total. The van der Waals surface area contributed by atoms with Gasteiger partial charge < -0.3 is 5.11 Å². The molecule has 8 heavy (non-hydrogen) atoms. The van der Waals surface area contributed by atoms with Crippen molar-refractivity contribution in [2.75, 3.05) is 0 Å². The molecule has 0 aromatic carbocycles. The van der Waals surface area contributed by atoms with E-state index in [4.69, 9.17) is 11.5 Å². The van der Waals surface area contributed by atoms with Crippen LogP contribution in [0.5, 0.6) is 0 Å². The van der Waals surface area contributed by atoms with Crippen LogP contribution in [0.2, 0.25) is 0 Å². The van der Waals surface area contributed by atoms with E-state index in [1.165, 1.54) is 0 Å². The summed E-state index contributed by atoms with van der Waals surface area (Å²) in [7, 11) is 0. The zero-order chi connectivity index (χ0) is 6.57. The maximum absolute atomic E-state index is 8.83. The summed E-state index contributed by atoms with van der Waals surface area (Å²) >= 11 is 0. The fourth-order valence-corrected chi connectivity index (χ4v) is 0.564. The third-order valence-electron chi connectivity index (χ3n) is 1.21. The molecule has 0 aliphatic rings. The lowest BCUT2D eigenvalue weighted by molar-refractivity contribution is 0.151. The van der Waals surface area contributed by atoms with Crippen LogP contribution in [-0.4, -0.2) is 11.2 Å². The molecule has 45 valence electrons. The van der Waals surface area contributed by atoms with Gasteiger partial charge in [0.05, 0.1) is 6.10 Å². The first-order chi connectivity index (χ1) is 3.72. The van der Waals surface area contributed by atoms with E-state index in [-0.39, 0.29) is 5.92 Å². The summed E-state index contributed by atoms with van der Waals surface area (Å²) in [4.78, 5) is 0. The second-order valence-corrected chi connectivity index (χ2v) is 1.90. The van der Waals surface area contributed by atoms with Crippen molar-refractivity contribution in [3.63, 3.8) is 0 Å². The minimum absolute atomic E-state index is 0.0741. The average Bonchev–Trinajstić information content (AvgIpc) is 1.69. The van der Waals surface area contributed by atoms with Gasteiger partial charge in [-0.3, -0.25) is 0 Å². The van der Waals surface area contributed by atoms with Gasteiger partial charge >= 0.3 is 0 Å². The lowest BCUT2D eigenvalue weighted by Gasteiger charge is -2.08. The van der Waals surface area contributed by atoms with Gasteiger partial charge in [-0.1, -0.05) is 12.8 Å². The Morgan fingerprint density at radius 3 is 2.25 bits per heavy atom. The van der Waals surface area contributed by atoms with E-state index in [0.717, 1.165) is 6.42 Å². The molecule has 0 aliphatic carbocycles. The van der Waals surface area contributed by atoms with Gasteiger partial charge in [0.1, 0.15) is 0 Å². The van der Waals surface area contributed by atoms with E-state index >= 15 is 0 Å². The van der Waals surface area contributed by atoms with Crippen LogP contribution in [-0.2, 0) is 0 Å². The second-order valence-electron chi connectivity index (χ2n) is 1.90. The molecular formula is C7H11O. The fourth-order valence-electron chi connectivity index (χ4n) is 0.564. The van der Waals surface area contributed by atoms with E-state index < -0.39 is 6.10 Å². The minimum Gasteiger partial charge on any atom is -0.392 e. The lowest BCUT2D eigenvalue weighted by Crippen LogP contribution is -2.12. The van der Waals surface area contributed by atoms with Gasteiger partial charge in [0, 0.05) is 5.92 Å². The molecule has 0 heterocycles. The molecule has 2 atom stereocenters. The van der Waals surface area contributed by atoms with Gasteiger partial charge in [-0.2, -0.15) is 0 Å². The predicted octanol–water partition coefficient (Wildman–Crippen LogP) is 0.983. The van der Waals surface area contributed by atoms with Crippen molar-refractivity contribution in [1.29, 1.82) is 0 Å². The topological polar surface area (TPSA) is 20.2 Å². The predicted molar refractivity (Wildman–Crippen MR) is 32.6 cm³/mol. The average molecular weight is 111 g/mol. The molecule has 0 amide bonds. The standard InChI is InChI=1S/C7H11O/c1-4-7(5-2)6(3)8/h6-8H,4H2,1,3H3. The molecule has 1 nitrogen and oxygen atoms in total. The molecule has 0 aliphatic heterocycles. The van der Waals surface area contributed by atoms with Crippen LogP contribution < -0.4 is 0 Å². The van der Waals surface area contributed by atoms with Crippen molar-refractivity contribution in [2.45, 2.75) is 26.4 Å². The molecule has 2 unspecified atom stereocenters. The first-order valence-electron chi connectivity index (χ1n) is 2.82. The Balaban J connectivity index is 3.57. The Labute approximate surface area is 50.7 Å². The molecule has 1 radical (unpaired) electrons. The second kappa shape index (κ2) is 3.51. The third-order valence-corrected chi connectivity index (χ3v) is 1.21. The SMILES string of the molecule is [C]#CC(CC)C(C)O. The lowest BCUT2D eigenvalue weighted by atomic mass is 10.0. The summed E-state index contributed by atoms with van der Waals surface area (Å²) in [6.45, 7) is 3.61. The molecule has 0 aromatic rings. The Kier molecular flexibility index (Phi) is 3.30. The molecule has 0 saturated carbocycles. The third kappa shape index (κ3) is 1.99. The quantitative estimate of drug-likeness (QED) is 0.527. The zero-order valence-electron chi connectivity index (χ0n) is 5.31. The van der Waals surface area contributed by atoms with E-state index in [9.17, 15) is 0 Å². The van der Waals surface area contributed by atoms with Crippen molar-refractivity contribution in [1.82, 2.24) is 0 Å². The van der Waals surface area contributed by atoms with Crippen LogP contribution in [0.4, 0.5) is 0 Å². The largest absolute Gasteiger partial charge is 0.392 e. The van der Waals surface area contributed by atoms with E-state index in [0.29, 0.717) is 0 Å². The highest BCUT2D eigenvalue weighted by Gasteiger charge is 2.07. The van der Waals surface area contributed by atoms with Crippen LogP contribution in [0.25, 0.3) is 0 Å². The summed E-state index contributed by atoms with van der Waals surface area (Å²) < 4.78 is 0. The highest BCUT2D eigenvalue weighted by atomic mass is 16.3. The van der Waals surface area contributed by atoms with Crippen molar-refractivity contribution in [2.24, 2.45) is 5.92 Å².